The van der Waals surface area contributed by atoms with Crippen LogP contribution in [-0.2, 0) is 7.05 Å². The molecule has 2 heterocycles. The number of anilines is 1. The molecule has 0 aliphatic rings. The second kappa shape index (κ2) is 8.65. The maximum Gasteiger partial charge on any atom is 0.251 e. The van der Waals surface area contributed by atoms with Gasteiger partial charge in [0.25, 0.3) is 5.91 Å². The lowest BCUT2D eigenvalue weighted by Crippen LogP contribution is -2.30. The van der Waals surface area contributed by atoms with Crippen LogP contribution >= 0.6 is 0 Å². The highest BCUT2D eigenvalue weighted by Crippen LogP contribution is 2.22. The van der Waals surface area contributed by atoms with Gasteiger partial charge in [0.15, 0.2) is 0 Å². The number of nitrogens with one attached hydrogen (secondary N) is 1. The topological polar surface area (TPSA) is 75.9 Å². The fourth-order valence-corrected chi connectivity index (χ4v) is 3.08. The Morgan fingerprint density at radius 1 is 1.21 bits per heavy atom. The number of hydrogen-bond acceptors (Lipinski definition) is 5. The number of carbonyl (C=O) groups is 1. The van der Waals surface area contributed by atoms with Gasteiger partial charge in [-0.3, -0.25) is 4.79 Å². The van der Waals surface area contributed by atoms with Crippen LogP contribution in [0.4, 0.5) is 5.82 Å². The zero-order valence-electron chi connectivity index (χ0n) is 16.8. The lowest BCUT2D eigenvalue weighted by Gasteiger charge is -2.18. The van der Waals surface area contributed by atoms with Crippen LogP contribution in [0, 0.1) is 0 Å². The van der Waals surface area contributed by atoms with E-state index < -0.39 is 0 Å². The van der Waals surface area contributed by atoms with E-state index in [0.29, 0.717) is 5.56 Å². The monoisotopic (exact) mass is 378 g/mol. The predicted octanol–water partition coefficient (Wildman–Crippen LogP) is 3.21. The van der Waals surface area contributed by atoms with E-state index in [0.717, 1.165) is 35.7 Å². The molecular formula is C21H26N6O. The van der Waals surface area contributed by atoms with Crippen molar-refractivity contribution >= 4 is 11.7 Å². The second-order valence-corrected chi connectivity index (χ2v) is 6.95. The maximum absolute atomic E-state index is 12.9. The Bertz CT molecular complexity index is 949. The molecule has 146 valence electrons. The summed E-state index contributed by atoms with van der Waals surface area (Å²) in [6, 6.07) is 9.27. The summed E-state index contributed by atoms with van der Waals surface area (Å²) in [7, 11) is 5.80. The van der Waals surface area contributed by atoms with E-state index in [1.165, 1.54) is 6.33 Å². The van der Waals surface area contributed by atoms with Crippen LogP contribution in [0.5, 0.6) is 0 Å². The molecule has 1 amide bonds. The van der Waals surface area contributed by atoms with Gasteiger partial charge in [-0.25, -0.2) is 15.0 Å². The molecule has 0 bridgehead atoms. The first-order valence-electron chi connectivity index (χ1n) is 9.37. The minimum absolute atomic E-state index is 0.120. The first-order chi connectivity index (χ1) is 13.5. The van der Waals surface area contributed by atoms with Gasteiger partial charge in [-0.05, 0) is 18.6 Å². The van der Waals surface area contributed by atoms with E-state index in [-0.39, 0.29) is 11.9 Å². The molecule has 2 aromatic heterocycles. The number of hydrogen-bond donors (Lipinski definition) is 1. The van der Waals surface area contributed by atoms with Gasteiger partial charge in [-0.1, -0.05) is 25.5 Å². The molecule has 7 heteroatoms. The zero-order valence-corrected chi connectivity index (χ0v) is 16.8. The third-order valence-electron chi connectivity index (χ3n) is 4.58. The van der Waals surface area contributed by atoms with Crippen LogP contribution in [0.3, 0.4) is 0 Å². The Balaban J connectivity index is 1.84. The summed E-state index contributed by atoms with van der Waals surface area (Å²) in [6.45, 7) is 2.10. The van der Waals surface area contributed by atoms with Crippen molar-refractivity contribution in [1.82, 2.24) is 24.8 Å². The standard InChI is InChI=1S/C21H26N6O/c1-5-7-17(20-22-10-11-27(20)4)25-21(28)16-9-6-8-15(12-16)18-13-19(26(2)3)24-14-23-18/h6,8-14,17H,5,7H2,1-4H3,(H,25,28)/t17-/m1/s1. The number of imidazole rings is 1. The number of aromatic nitrogens is 4. The number of aryl methyl sites for hydroxylation is 1. The lowest BCUT2D eigenvalue weighted by atomic mass is 10.1. The quantitative estimate of drug-likeness (QED) is 0.683. The highest BCUT2D eigenvalue weighted by molar-refractivity contribution is 5.95. The minimum Gasteiger partial charge on any atom is -0.363 e. The molecule has 3 aromatic rings. The molecule has 0 aliphatic carbocycles. The van der Waals surface area contributed by atoms with E-state index >= 15 is 0 Å². The largest absolute Gasteiger partial charge is 0.363 e. The van der Waals surface area contributed by atoms with Crippen LogP contribution in [0.1, 0.15) is 42.0 Å². The van der Waals surface area contributed by atoms with Crippen molar-refractivity contribution in [3.05, 3.63) is 60.4 Å². The number of amides is 1. The van der Waals surface area contributed by atoms with E-state index in [1.807, 2.05) is 67.1 Å². The molecule has 0 unspecified atom stereocenters. The van der Waals surface area contributed by atoms with Crippen LogP contribution < -0.4 is 10.2 Å². The highest BCUT2D eigenvalue weighted by Gasteiger charge is 2.19. The van der Waals surface area contributed by atoms with Crippen molar-refractivity contribution in [3.63, 3.8) is 0 Å². The first kappa shape index (κ1) is 19.5. The summed E-state index contributed by atoms with van der Waals surface area (Å²) in [4.78, 5) is 27.8. The number of carbonyl (C=O) groups excluding carboxylic acids is 1. The van der Waals surface area contributed by atoms with Crippen molar-refractivity contribution in [3.8, 4) is 11.3 Å². The third kappa shape index (κ3) is 4.36. The Kier molecular flexibility index (Phi) is 6.03. The van der Waals surface area contributed by atoms with Crippen LogP contribution in [0.25, 0.3) is 11.3 Å². The molecule has 28 heavy (non-hydrogen) atoms. The lowest BCUT2D eigenvalue weighted by molar-refractivity contribution is 0.0932. The highest BCUT2D eigenvalue weighted by atomic mass is 16.1. The first-order valence-corrected chi connectivity index (χ1v) is 9.37. The van der Waals surface area contributed by atoms with Gasteiger partial charge in [-0.2, -0.15) is 0 Å². The summed E-state index contributed by atoms with van der Waals surface area (Å²) >= 11 is 0. The Morgan fingerprint density at radius 2 is 2.04 bits per heavy atom. The summed E-state index contributed by atoms with van der Waals surface area (Å²) in [5.41, 5.74) is 2.25. The Morgan fingerprint density at radius 3 is 2.71 bits per heavy atom. The van der Waals surface area contributed by atoms with Gasteiger partial charge < -0.3 is 14.8 Å². The Labute approximate surface area is 165 Å². The molecule has 0 saturated heterocycles. The van der Waals surface area contributed by atoms with Crippen molar-refractivity contribution in [2.45, 2.75) is 25.8 Å². The molecule has 0 radical (unpaired) electrons. The van der Waals surface area contributed by atoms with Crippen molar-refractivity contribution in [2.75, 3.05) is 19.0 Å². The van der Waals surface area contributed by atoms with Gasteiger partial charge in [-0.15, -0.1) is 0 Å². The van der Waals surface area contributed by atoms with Crippen molar-refractivity contribution in [2.24, 2.45) is 7.05 Å². The Hall–Kier alpha value is -3.22. The van der Waals surface area contributed by atoms with Gasteiger partial charge in [0.2, 0.25) is 0 Å². The smallest absolute Gasteiger partial charge is 0.251 e. The zero-order chi connectivity index (χ0) is 20.1. The molecule has 0 fully saturated rings. The van der Waals surface area contributed by atoms with E-state index in [9.17, 15) is 4.79 Å². The molecule has 7 nitrogen and oxygen atoms in total. The summed E-state index contributed by atoms with van der Waals surface area (Å²) in [5.74, 6) is 1.56. The van der Waals surface area contributed by atoms with Crippen LogP contribution in [0.15, 0.2) is 49.1 Å². The average Bonchev–Trinajstić information content (AvgIpc) is 3.13. The van der Waals surface area contributed by atoms with Gasteiger partial charge in [0.05, 0.1) is 11.7 Å². The fourth-order valence-electron chi connectivity index (χ4n) is 3.08. The maximum atomic E-state index is 12.9. The molecule has 1 aromatic carbocycles. The van der Waals surface area contributed by atoms with Crippen molar-refractivity contribution < 1.29 is 4.79 Å². The summed E-state index contributed by atoms with van der Waals surface area (Å²) in [6.07, 6.45) is 6.96. The number of rotatable bonds is 7. The third-order valence-corrected chi connectivity index (χ3v) is 4.58. The average molecular weight is 378 g/mol. The minimum atomic E-state index is -0.124. The predicted molar refractivity (Wildman–Crippen MR) is 110 cm³/mol. The summed E-state index contributed by atoms with van der Waals surface area (Å²) in [5, 5.41) is 3.12. The molecule has 3 rings (SSSR count). The number of benzene rings is 1. The van der Waals surface area contributed by atoms with Crippen LogP contribution in [0.2, 0.25) is 0 Å². The molecule has 1 atom stereocenters. The SMILES string of the molecule is CCC[C@@H](NC(=O)c1cccc(-c2cc(N(C)C)ncn2)c1)c1nccn1C. The van der Waals surface area contributed by atoms with E-state index in [2.05, 4.69) is 27.2 Å². The van der Waals surface area contributed by atoms with Gasteiger partial charge >= 0.3 is 0 Å². The van der Waals surface area contributed by atoms with Gasteiger partial charge in [0.1, 0.15) is 18.0 Å². The molecule has 0 saturated carbocycles. The molecular weight excluding hydrogens is 352 g/mol. The van der Waals surface area contributed by atoms with E-state index in [4.69, 9.17) is 0 Å². The van der Waals surface area contributed by atoms with E-state index in [1.54, 1.807) is 6.20 Å². The molecule has 0 spiro atoms. The fraction of sp³-hybridized carbons (Fsp3) is 0.333. The molecule has 1 N–H and O–H groups in total. The summed E-state index contributed by atoms with van der Waals surface area (Å²) < 4.78 is 1.95. The van der Waals surface area contributed by atoms with Gasteiger partial charge in [0, 0.05) is 50.7 Å². The number of nitrogens with zero attached hydrogens (tertiary/aromatic N) is 5. The van der Waals surface area contributed by atoms with Crippen LogP contribution in [-0.4, -0.2) is 39.5 Å². The molecule has 0 aliphatic heterocycles. The van der Waals surface area contributed by atoms with Crippen molar-refractivity contribution in [1.29, 1.82) is 0 Å². The normalized spacial score (nSPS) is 11.9. The second-order valence-electron chi connectivity index (χ2n) is 6.95.